The molecule has 0 saturated heterocycles. The van der Waals surface area contributed by atoms with Crippen LogP contribution in [0.4, 0.5) is 0 Å². The van der Waals surface area contributed by atoms with E-state index >= 15 is 0 Å². The monoisotopic (exact) mass is 545 g/mol. The highest BCUT2D eigenvalue weighted by molar-refractivity contribution is 4.82. The topological polar surface area (TPSA) is 0 Å². The number of allylic oxidation sites excluding steroid dienone is 4. The molecule has 0 amide bonds. The SMILES string of the molecule is CCCCCCCC/C=C\CCCCCCCCCCCCCCCCCCC/C=C\CCCCCCCC. The fourth-order valence-electron chi connectivity index (χ4n) is 5.73. The van der Waals surface area contributed by atoms with E-state index in [1.165, 1.54) is 212 Å². The van der Waals surface area contributed by atoms with Gasteiger partial charge in [0.25, 0.3) is 0 Å². The minimum atomic E-state index is 1.31. The third-order valence-electron chi connectivity index (χ3n) is 8.52. The van der Waals surface area contributed by atoms with Crippen molar-refractivity contribution in [3.8, 4) is 0 Å². The normalized spacial score (nSPS) is 11.9. The first kappa shape index (κ1) is 38.5. The third-order valence-corrected chi connectivity index (χ3v) is 8.52. The van der Waals surface area contributed by atoms with E-state index < -0.39 is 0 Å². The van der Waals surface area contributed by atoms with Gasteiger partial charge in [-0.1, -0.05) is 199 Å². The van der Waals surface area contributed by atoms with Gasteiger partial charge in [-0.3, -0.25) is 0 Å². The maximum absolute atomic E-state index is 2.45. The zero-order chi connectivity index (χ0) is 28.2. The minimum Gasteiger partial charge on any atom is -0.0885 e. The smallest absolute Gasteiger partial charge is 0.0351 e. The van der Waals surface area contributed by atoms with Gasteiger partial charge in [-0.15, -0.1) is 0 Å². The lowest BCUT2D eigenvalue weighted by molar-refractivity contribution is 0.526. The molecule has 0 saturated carbocycles. The van der Waals surface area contributed by atoms with E-state index in [2.05, 4.69) is 38.2 Å². The summed E-state index contributed by atoms with van der Waals surface area (Å²) >= 11 is 0. The zero-order valence-corrected chi connectivity index (χ0v) is 27.6. The molecule has 0 bridgehead atoms. The van der Waals surface area contributed by atoms with Gasteiger partial charge in [-0.25, -0.2) is 0 Å². The van der Waals surface area contributed by atoms with Crippen molar-refractivity contribution in [2.24, 2.45) is 0 Å². The first-order valence-corrected chi connectivity index (χ1v) is 18.7. The molecule has 0 aliphatic rings. The molecule has 0 aromatic rings. The van der Waals surface area contributed by atoms with Crippen molar-refractivity contribution < 1.29 is 0 Å². The summed E-state index contributed by atoms with van der Waals surface area (Å²) in [5.41, 5.74) is 0. The molecule has 0 N–H and O–H groups in total. The molecular weight excluding hydrogens is 468 g/mol. The van der Waals surface area contributed by atoms with Crippen molar-refractivity contribution in [2.75, 3.05) is 0 Å². The summed E-state index contributed by atoms with van der Waals surface area (Å²) in [5, 5.41) is 0. The Balaban J connectivity index is 3.09. The maximum atomic E-state index is 2.45. The van der Waals surface area contributed by atoms with Crippen LogP contribution in [0.15, 0.2) is 24.3 Å². The van der Waals surface area contributed by atoms with Crippen molar-refractivity contribution in [1.82, 2.24) is 0 Å². The maximum Gasteiger partial charge on any atom is -0.0351 e. The largest absolute Gasteiger partial charge is 0.0885 e. The average Bonchev–Trinajstić information content (AvgIpc) is 2.95. The second kappa shape index (κ2) is 37.5. The van der Waals surface area contributed by atoms with Crippen molar-refractivity contribution >= 4 is 0 Å². The molecule has 0 rings (SSSR count). The van der Waals surface area contributed by atoms with Crippen LogP contribution in [-0.4, -0.2) is 0 Å². The van der Waals surface area contributed by atoms with Gasteiger partial charge in [-0.2, -0.15) is 0 Å². The standard InChI is InChI=1S/C39H76/c1-3-5-7-9-11-13-15-17-19-21-23-25-27-29-31-33-35-37-39-38-36-34-32-30-28-26-24-22-20-18-16-14-12-10-8-6-4-2/h17-20H,3-16,21-39H2,1-2H3/b19-17-,20-18-. The van der Waals surface area contributed by atoms with Crippen LogP contribution in [-0.2, 0) is 0 Å². The molecule has 39 heavy (non-hydrogen) atoms. The Bertz CT molecular complexity index is 417. The lowest BCUT2D eigenvalue weighted by Crippen LogP contribution is -1.84. The lowest BCUT2D eigenvalue weighted by Gasteiger charge is -2.03. The molecule has 0 aromatic carbocycles. The van der Waals surface area contributed by atoms with Crippen molar-refractivity contribution in [1.29, 1.82) is 0 Å². The second-order valence-electron chi connectivity index (χ2n) is 12.6. The quantitative estimate of drug-likeness (QED) is 0.0558. The highest BCUT2D eigenvalue weighted by Gasteiger charge is 1.95. The summed E-state index contributed by atoms with van der Waals surface area (Å²) in [6.45, 7) is 4.59. The van der Waals surface area contributed by atoms with Crippen LogP contribution in [0.1, 0.15) is 226 Å². The summed E-state index contributed by atoms with van der Waals surface area (Å²) < 4.78 is 0. The molecule has 0 heterocycles. The van der Waals surface area contributed by atoms with E-state index in [1.807, 2.05) is 0 Å². The fraction of sp³-hybridized carbons (Fsp3) is 0.897. The van der Waals surface area contributed by atoms with E-state index in [-0.39, 0.29) is 0 Å². The van der Waals surface area contributed by atoms with Gasteiger partial charge >= 0.3 is 0 Å². The van der Waals surface area contributed by atoms with Gasteiger partial charge in [0.05, 0.1) is 0 Å². The molecule has 0 atom stereocenters. The van der Waals surface area contributed by atoms with Gasteiger partial charge in [0.1, 0.15) is 0 Å². The molecule has 0 aliphatic carbocycles. The zero-order valence-electron chi connectivity index (χ0n) is 27.6. The molecule has 0 aliphatic heterocycles. The van der Waals surface area contributed by atoms with Gasteiger partial charge in [-0.05, 0) is 51.4 Å². The van der Waals surface area contributed by atoms with Crippen LogP contribution in [0.3, 0.4) is 0 Å². The summed E-state index contributed by atoms with van der Waals surface area (Å²) in [5.74, 6) is 0. The summed E-state index contributed by atoms with van der Waals surface area (Å²) in [6, 6.07) is 0. The van der Waals surface area contributed by atoms with Crippen molar-refractivity contribution in [3.63, 3.8) is 0 Å². The second-order valence-corrected chi connectivity index (χ2v) is 12.6. The Hall–Kier alpha value is -0.520. The predicted molar refractivity (Wildman–Crippen MR) is 182 cm³/mol. The molecule has 0 spiro atoms. The Morgan fingerprint density at radius 1 is 0.205 bits per heavy atom. The van der Waals surface area contributed by atoms with Crippen molar-refractivity contribution in [3.05, 3.63) is 24.3 Å². The van der Waals surface area contributed by atoms with Gasteiger partial charge in [0.2, 0.25) is 0 Å². The first-order valence-electron chi connectivity index (χ1n) is 18.7. The summed E-state index contributed by atoms with van der Waals surface area (Å²) in [4.78, 5) is 0. The molecule has 0 heteroatoms. The minimum absolute atomic E-state index is 1.31. The van der Waals surface area contributed by atoms with Gasteiger partial charge in [0.15, 0.2) is 0 Å². The lowest BCUT2D eigenvalue weighted by atomic mass is 10.0. The molecule has 0 unspecified atom stereocenters. The molecule has 0 fully saturated rings. The van der Waals surface area contributed by atoms with E-state index in [0.717, 1.165) is 0 Å². The van der Waals surface area contributed by atoms with E-state index in [0.29, 0.717) is 0 Å². The van der Waals surface area contributed by atoms with Crippen LogP contribution in [0, 0.1) is 0 Å². The van der Waals surface area contributed by atoms with Crippen LogP contribution >= 0.6 is 0 Å². The number of rotatable bonds is 34. The molecular formula is C39H76. The third kappa shape index (κ3) is 37.5. The Labute approximate surface area is 249 Å². The number of unbranched alkanes of at least 4 members (excludes halogenated alkanes) is 30. The Kier molecular flexibility index (Phi) is 37.0. The van der Waals surface area contributed by atoms with Crippen LogP contribution in [0.25, 0.3) is 0 Å². The van der Waals surface area contributed by atoms with E-state index in [1.54, 1.807) is 0 Å². The Morgan fingerprint density at radius 3 is 0.538 bits per heavy atom. The van der Waals surface area contributed by atoms with Gasteiger partial charge in [0, 0.05) is 0 Å². The average molecular weight is 545 g/mol. The van der Waals surface area contributed by atoms with Crippen LogP contribution in [0.2, 0.25) is 0 Å². The molecule has 0 aromatic heterocycles. The fourth-order valence-corrected chi connectivity index (χ4v) is 5.73. The Morgan fingerprint density at radius 2 is 0.359 bits per heavy atom. The van der Waals surface area contributed by atoms with Crippen molar-refractivity contribution in [2.45, 2.75) is 226 Å². The summed E-state index contributed by atoms with van der Waals surface area (Å²) in [6.07, 6.45) is 56.9. The van der Waals surface area contributed by atoms with Crippen LogP contribution < -0.4 is 0 Å². The highest BCUT2D eigenvalue weighted by atomic mass is 14.0. The van der Waals surface area contributed by atoms with E-state index in [4.69, 9.17) is 0 Å². The molecule has 0 radical (unpaired) electrons. The van der Waals surface area contributed by atoms with E-state index in [9.17, 15) is 0 Å². The number of hydrogen-bond donors (Lipinski definition) is 0. The van der Waals surface area contributed by atoms with Crippen LogP contribution in [0.5, 0.6) is 0 Å². The van der Waals surface area contributed by atoms with Gasteiger partial charge < -0.3 is 0 Å². The highest BCUT2D eigenvalue weighted by Crippen LogP contribution is 2.15. The predicted octanol–water partition coefficient (Wildman–Crippen LogP) is 15.0. The summed E-state index contributed by atoms with van der Waals surface area (Å²) in [7, 11) is 0. The number of hydrogen-bond acceptors (Lipinski definition) is 0. The molecule has 232 valence electrons. The molecule has 0 nitrogen and oxygen atoms in total. The first-order chi connectivity index (χ1) is 19.4.